The number of hydrogen-bond acceptors (Lipinski definition) is 4. The monoisotopic (exact) mass is 255 g/mol. The van der Waals surface area contributed by atoms with E-state index in [2.05, 4.69) is 25.8 Å². The van der Waals surface area contributed by atoms with Crippen LogP contribution in [0.5, 0.6) is 0 Å². The second-order valence-electron chi connectivity index (χ2n) is 4.28. The van der Waals surface area contributed by atoms with Crippen LogP contribution in [0.1, 0.15) is 26.1 Å². The summed E-state index contributed by atoms with van der Waals surface area (Å²) in [7, 11) is 0. The number of rotatable bonds is 6. The van der Waals surface area contributed by atoms with Gasteiger partial charge in [-0.3, -0.25) is 5.10 Å². The van der Waals surface area contributed by atoms with Crippen molar-refractivity contribution >= 4 is 12.0 Å². The molecule has 1 rings (SSSR count). The van der Waals surface area contributed by atoms with Crippen LogP contribution in [0.3, 0.4) is 0 Å². The minimum absolute atomic E-state index is 0.167. The maximum Gasteiger partial charge on any atom is 0.326 e. The Kier molecular flexibility index (Phi) is 5.09. The average Bonchev–Trinajstić information content (AvgIpc) is 2.77. The summed E-state index contributed by atoms with van der Waals surface area (Å²) in [4.78, 5) is 26.2. The fourth-order valence-electron chi connectivity index (χ4n) is 1.38. The van der Waals surface area contributed by atoms with Crippen LogP contribution in [0, 0.1) is 5.92 Å². The fraction of sp³-hybridized carbons (Fsp3) is 0.600. The van der Waals surface area contributed by atoms with Gasteiger partial charge in [-0.2, -0.15) is 5.10 Å². The van der Waals surface area contributed by atoms with E-state index < -0.39 is 18.0 Å². The standard InChI is InChI=1S/C10H17N5O3/c1-6(2)3-7(9(16)17)14-10(18)11-4-8-12-5-13-15-8/h5-7H,3-4H2,1-2H3,(H,16,17)(H2,11,14,18)(H,12,13,15). The Labute approximate surface area is 104 Å². The summed E-state index contributed by atoms with van der Waals surface area (Å²) < 4.78 is 0. The number of carboxylic acid groups (broad SMARTS) is 1. The molecule has 0 aromatic carbocycles. The minimum Gasteiger partial charge on any atom is -0.480 e. The Morgan fingerprint density at radius 3 is 2.72 bits per heavy atom. The summed E-state index contributed by atoms with van der Waals surface area (Å²) in [5.41, 5.74) is 0. The molecule has 4 N–H and O–H groups in total. The molecule has 0 bridgehead atoms. The van der Waals surface area contributed by atoms with Crippen LogP contribution >= 0.6 is 0 Å². The third-order valence-corrected chi connectivity index (χ3v) is 2.19. The van der Waals surface area contributed by atoms with Gasteiger partial charge in [0.2, 0.25) is 0 Å². The Balaban J connectivity index is 2.39. The van der Waals surface area contributed by atoms with Crippen LogP contribution < -0.4 is 10.6 Å². The Morgan fingerprint density at radius 2 is 2.22 bits per heavy atom. The van der Waals surface area contributed by atoms with Gasteiger partial charge in [-0.1, -0.05) is 13.8 Å². The molecule has 18 heavy (non-hydrogen) atoms. The first-order chi connectivity index (χ1) is 8.49. The Hall–Kier alpha value is -2.12. The molecule has 0 aliphatic carbocycles. The van der Waals surface area contributed by atoms with Crippen LogP contribution in [0.25, 0.3) is 0 Å². The lowest BCUT2D eigenvalue weighted by molar-refractivity contribution is -0.139. The van der Waals surface area contributed by atoms with Crippen molar-refractivity contribution < 1.29 is 14.7 Å². The highest BCUT2D eigenvalue weighted by molar-refractivity contribution is 5.82. The van der Waals surface area contributed by atoms with Crippen LogP contribution in [0.2, 0.25) is 0 Å². The lowest BCUT2D eigenvalue weighted by Gasteiger charge is -2.16. The second kappa shape index (κ2) is 6.58. The molecule has 0 aliphatic heterocycles. The number of hydrogen-bond donors (Lipinski definition) is 4. The zero-order valence-corrected chi connectivity index (χ0v) is 10.3. The van der Waals surface area contributed by atoms with Crippen molar-refractivity contribution in [3.05, 3.63) is 12.2 Å². The fourth-order valence-corrected chi connectivity index (χ4v) is 1.38. The van der Waals surface area contributed by atoms with Gasteiger partial charge >= 0.3 is 12.0 Å². The van der Waals surface area contributed by atoms with E-state index >= 15 is 0 Å². The van der Waals surface area contributed by atoms with Crippen LogP contribution in [0.4, 0.5) is 4.79 Å². The van der Waals surface area contributed by atoms with Gasteiger partial charge in [-0.25, -0.2) is 14.6 Å². The van der Waals surface area contributed by atoms with Crippen molar-refractivity contribution in [2.75, 3.05) is 0 Å². The second-order valence-corrected chi connectivity index (χ2v) is 4.28. The van der Waals surface area contributed by atoms with Gasteiger partial charge in [0.15, 0.2) is 0 Å². The van der Waals surface area contributed by atoms with Crippen molar-refractivity contribution in [2.45, 2.75) is 32.9 Å². The van der Waals surface area contributed by atoms with E-state index in [1.54, 1.807) is 0 Å². The maximum atomic E-state index is 11.5. The predicted octanol–water partition coefficient (Wildman–Crippen LogP) is 0.103. The molecule has 0 radical (unpaired) electrons. The number of nitrogens with one attached hydrogen (secondary N) is 3. The number of aliphatic carboxylic acids is 1. The van der Waals surface area contributed by atoms with E-state index in [0.717, 1.165) is 0 Å². The molecule has 0 spiro atoms. The number of carbonyl (C=O) groups is 2. The summed E-state index contributed by atoms with van der Waals surface area (Å²) in [5.74, 6) is -0.361. The summed E-state index contributed by atoms with van der Waals surface area (Å²) in [6, 6.07) is -1.43. The summed E-state index contributed by atoms with van der Waals surface area (Å²) in [5, 5.41) is 20.1. The molecule has 2 amide bonds. The number of amides is 2. The van der Waals surface area contributed by atoms with Crippen LogP contribution in [-0.4, -0.2) is 38.3 Å². The van der Waals surface area contributed by atoms with E-state index in [1.165, 1.54) is 6.33 Å². The van der Waals surface area contributed by atoms with Crippen molar-refractivity contribution in [3.63, 3.8) is 0 Å². The molecule has 8 nitrogen and oxygen atoms in total. The number of aromatic nitrogens is 3. The van der Waals surface area contributed by atoms with E-state index in [1.807, 2.05) is 13.8 Å². The Bertz CT molecular complexity index is 390. The predicted molar refractivity (Wildman–Crippen MR) is 62.6 cm³/mol. The van der Waals surface area contributed by atoms with Crippen molar-refractivity contribution in [2.24, 2.45) is 5.92 Å². The largest absolute Gasteiger partial charge is 0.480 e. The minimum atomic E-state index is -1.04. The summed E-state index contributed by atoms with van der Waals surface area (Å²) in [6.45, 7) is 3.95. The van der Waals surface area contributed by atoms with E-state index in [4.69, 9.17) is 5.11 Å². The maximum absolute atomic E-state index is 11.5. The molecule has 0 aliphatic rings. The zero-order chi connectivity index (χ0) is 13.5. The third-order valence-electron chi connectivity index (χ3n) is 2.19. The first-order valence-electron chi connectivity index (χ1n) is 5.60. The number of urea groups is 1. The lowest BCUT2D eigenvalue weighted by atomic mass is 10.0. The van der Waals surface area contributed by atoms with Gasteiger partial charge in [0, 0.05) is 0 Å². The number of carbonyl (C=O) groups excluding carboxylic acids is 1. The number of carboxylic acids is 1. The van der Waals surface area contributed by atoms with E-state index in [9.17, 15) is 9.59 Å². The van der Waals surface area contributed by atoms with Crippen LogP contribution in [-0.2, 0) is 11.3 Å². The van der Waals surface area contributed by atoms with Gasteiger partial charge in [-0.15, -0.1) is 0 Å². The number of aromatic amines is 1. The van der Waals surface area contributed by atoms with Gasteiger partial charge in [-0.05, 0) is 12.3 Å². The SMILES string of the molecule is CC(C)CC(NC(=O)NCc1ncn[nH]1)C(=O)O. The molecule has 100 valence electrons. The number of nitrogens with zero attached hydrogens (tertiary/aromatic N) is 2. The smallest absolute Gasteiger partial charge is 0.326 e. The summed E-state index contributed by atoms with van der Waals surface area (Å²) in [6.07, 6.45) is 1.71. The average molecular weight is 255 g/mol. The first-order valence-corrected chi connectivity index (χ1v) is 5.60. The van der Waals surface area contributed by atoms with E-state index in [-0.39, 0.29) is 12.5 Å². The quantitative estimate of drug-likeness (QED) is 0.574. The van der Waals surface area contributed by atoms with Crippen molar-refractivity contribution in [1.82, 2.24) is 25.8 Å². The van der Waals surface area contributed by atoms with Crippen molar-refractivity contribution in [1.29, 1.82) is 0 Å². The van der Waals surface area contributed by atoms with Gasteiger partial charge in [0.25, 0.3) is 0 Å². The molecule has 8 heteroatoms. The normalized spacial score (nSPS) is 12.2. The Morgan fingerprint density at radius 1 is 1.50 bits per heavy atom. The highest BCUT2D eigenvalue weighted by Crippen LogP contribution is 2.04. The first kappa shape index (κ1) is 13.9. The summed E-state index contributed by atoms with van der Waals surface area (Å²) >= 11 is 0. The number of H-pyrrole nitrogens is 1. The molecular weight excluding hydrogens is 238 g/mol. The molecule has 1 unspecified atom stereocenters. The molecule has 0 saturated heterocycles. The van der Waals surface area contributed by atoms with Crippen LogP contribution in [0.15, 0.2) is 6.33 Å². The van der Waals surface area contributed by atoms with Gasteiger partial charge in [0.05, 0.1) is 6.54 Å². The van der Waals surface area contributed by atoms with Gasteiger partial charge < -0.3 is 15.7 Å². The molecule has 1 aromatic rings. The topological polar surface area (TPSA) is 120 Å². The molecule has 1 atom stereocenters. The molecule has 1 aromatic heterocycles. The molecule has 0 fully saturated rings. The molecule has 0 saturated carbocycles. The zero-order valence-electron chi connectivity index (χ0n) is 10.3. The highest BCUT2D eigenvalue weighted by atomic mass is 16.4. The highest BCUT2D eigenvalue weighted by Gasteiger charge is 2.20. The molecule has 1 heterocycles. The molecular formula is C10H17N5O3. The third kappa shape index (κ3) is 4.81. The lowest BCUT2D eigenvalue weighted by Crippen LogP contribution is -2.46. The van der Waals surface area contributed by atoms with Gasteiger partial charge in [0.1, 0.15) is 18.2 Å². The van der Waals surface area contributed by atoms with Crippen molar-refractivity contribution in [3.8, 4) is 0 Å². The van der Waals surface area contributed by atoms with E-state index in [0.29, 0.717) is 12.2 Å².